The van der Waals surface area contributed by atoms with Crippen molar-refractivity contribution in [3.05, 3.63) is 106 Å². The molecule has 4 aromatic rings. The number of rotatable bonds is 4. The molecular weight excluding hydrogens is 426 g/mol. The van der Waals surface area contributed by atoms with Crippen molar-refractivity contribution in [2.45, 2.75) is 27.3 Å². The van der Waals surface area contributed by atoms with Crippen LogP contribution >= 0.6 is 11.8 Å². The number of carbonyl (C=O) groups excluding carboxylic acids is 1. The maximum absolute atomic E-state index is 12.7. The standard InChI is InChI=1S/C28H25N3OS/c1-18-8-6-10-21(14-18)16-31-17-22(23-11-4-5-13-25(23)31)15-26-27(32)30-28(33-26)29-24-12-7-9-19(2)20(24)3/h4-15,17H,16H2,1-3H3,(H,29,30,32)/b26-15-. The van der Waals surface area contributed by atoms with Gasteiger partial charge in [0.1, 0.15) is 0 Å². The Kier molecular flexibility index (Phi) is 5.65. The van der Waals surface area contributed by atoms with E-state index in [2.05, 4.69) is 85.4 Å². The third-order valence-corrected chi connectivity index (χ3v) is 6.90. The van der Waals surface area contributed by atoms with Gasteiger partial charge < -0.3 is 9.88 Å². The number of thioether (sulfide) groups is 1. The summed E-state index contributed by atoms with van der Waals surface area (Å²) in [5.74, 6) is -0.112. The van der Waals surface area contributed by atoms with Crippen LogP contribution in [0, 0.1) is 20.8 Å². The number of nitrogens with zero attached hydrogens (tertiary/aromatic N) is 2. The van der Waals surface area contributed by atoms with Crippen LogP contribution < -0.4 is 5.32 Å². The molecule has 4 nitrogen and oxygen atoms in total. The molecule has 1 saturated heterocycles. The number of carbonyl (C=O) groups is 1. The van der Waals surface area contributed by atoms with Gasteiger partial charge in [-0.1, -0.05) is 60.2 Å². The van der Waals surface area contributed by atoms with Gasteiger partial charge in [0.15, 0.2) is 5.17 Å². The zero-order valence-electron chi connectivity index (χ0n) is 18.9. The molecule has 0 radical (unpaired) electrons. The van der Waals surface area contributed by atoms with Crippen LogP contribution in [0.15, 0.2) is 82.8 Å². The van der Waals surface area contributed by atoms with E-state index in [4.69, 9.17) is 4.99 Å². The van der Waals surface area contributed by atoms with Gasteiger partial charge in [0, 0.05) is 29.2 Å². The van der Waals surface area contributed by atoms with Crippen LogP contribution in [0.3, 0.4) is 0 Å². The quantitative estimate of drug-likeness (QED) is 0.360. The number of hydrogen-bond acceptors (Lipinski definition) is 3. The van der Waals surface area contributed by atoms with Crippen LogP contribution in [0.5, 0.6) is 0 Å². The molecule has 2 heterocycles. The molecule has 1 fully saturated rings. The van der Waals surface area contributed by atoms with Crippen molar-refractivity contribution >= 4 is 45.5 Å². The lowest BCUT2D eigenvalue weighted by Crippen LogP contribution is -2.19. The summed E-state index contributed by atoms with van der Waals surface area (Å²) in [4.78, 5) is 18.1. The number of amidine groups is 1. The predicted molar refractivity (Wildman–Crippen MR) is 139 cm³/mol. The first-order chi connectivity index (χ1) is 16.0. The summed E-state index contributed by atoms with van der Waals surface area (Å²) in [5.41, 5.74) is 7.88. The molecule has 1 aliphatic heterocycles. The van der Waals surface area contributed by atoms with E-state index in [0.29, 0.717) is 10.1 Å². The third kappa shape index (κ3) is 4.37. The number of benzene rings is 3. The molecule has 164 valence electrons. The molecule has 0 unspecified atom stereocenters. The lowest BCUT2D eigenvalue weighted by atomic mass is 10.1. The Morgan fingerprint density at radius 2 is 1.82 bits per heavy atom. The molecule has 1 aromatic heterocycles. The molecule has 1 aliphatic rings. The number of nitrogens with one attached hydrogen (secondary N) is 1. The van der Waals surface area contributed by atoms with E-state index in [9.17, 15) is 4.79 Å². The first-order valence-corrected chi connectivity index (χ1v) is 11.8. The van der Waals surface area contributed by atoms with Crippen molar-refractivity contribution in [2.24, 2.45) is 4.99 Å². The van der Waals surface area contributed by atoms with Gasteiger partial charge >= 0.3 is 0 Å². The molecule has 0 spiro atoms. The van der Waals surface area contributed by atoms with Crippen LogP contribution in [-0.2, 0) is 11.3 Å². The smallest absolute Gasteiger partial charge is 0.264 e. The minimum absolute atomic E-state index is 0.112. The van der Waals surface area contributed by atoms with Crippen LogP contribution in [-0.4, -0.2) is 15.6 Å². The fourth-order valence-electron chi connectivity index (χ4n) is 4.12. The van der Waals surface area contributed by atoms with E-state index in [1.807, 2.05) is 24.3 Å². The SMILES string of the molecule is Cc1cccc(Cn2cc(/C=C3\SC(=Nc4cccc(C)c4C)NC3=O)c3ccccc32)c1. The Morgan fingerprint density at radius 1 is 1.00 bits per heavy atom. The number of hydrogen-bond donors (Lipinski definition) is 1. The second kappa shape index (κ2) is 8.75. The van der Waals surface area contributed by atoms with Crippen molar-refractivity contribution < 1.29 is 4.79 Å². The van der Waals surface area contributed by atoms with Gasteiger partial charge in [-0.2, -0.15) is 0 Å². The molecule has 33 heavy (non-hydrogen) atoms. The molecule has 5 heteroatoms. The van der Waals surface area contributed by atoms with Crippen LogP contribution in [0.1, 0.15) is 27.8 Å². The molecule has 1 amide bonds. The van der Waals surface area contributed by atoms with E-state index < -0.39 is 0 Å². The number of para-hydroxylation sites is 1. The van der Waals surface area contributed by atoms with Crippen molar-refractivity contribution in [1.82, 2.24) is 9.88 Å². The Morgan fingerprint density at radius 3 is 2.67 bits per heavy atom. The first kappa shape index (κ1) is 21.3. The van der Waals surface area contributed by atoms with Crippen molar-refractivity contribution in [3.63, 3.8) is 0 Å². The normalized spacial score (nSPS) is 16.2. The fraction of sp³-hybridized carbons (Fsp3) is 0.143. The van der Waals surface area contributed by atoms with Gasteiger partial charge in [-0.15, -0.1) is 0 Å². The topological polar surface area (TPSA) is 46.4 Å². The van der Waals surface area contributed by atoms with Gasteiger partial charge in [-0.3, -0.25) is 4.79 Å². The molecule has 0 saturated carbocycles. The van der Waals surface area contributed by atoms with Crippen LogP contribution in [0.25, 0.3) is 17.0 Å². The lowest BCUT2D eigenvalue weighted by molar-refractivity contribution is -0.115. The highest BCUT2D eigenvalue weighted by Gasteiger charge is 2.24. The number of aliphatic imine (C=N–C) groups is 1. The fourth-order valence-corrected chi connectivity index (χ4v) is 4.94. The summed E-state index contributed by atoms with van der Waals surface area (Å²) in [6.45, 7) is 7.01. The molecule has 0 atom stereocenters. The Labute approximate surface area is 198 Å². The largest absolute Gasteiger partial charge is 0.342 e. The monoisotopic (exact) mass is 451 g/mol. The minimum atomic E-state index is -0.112. The maximum atomic E-state index is 12.7. The number of aromatic nitrogens is 1. The maximum Gasteiger partial charge on any atom is 0.264 e. The van der Waals surface area contributed by atoms with Gasteiger partial charge in [0.05, 0.1) is 10.6 Å². The van der Waals surface area contributed by atoms with E-state index in [0.717, 1.165) is 34.3 Å². The number of fused-ring (bicyclic) bond motifs is 1. The number of amides is 1. The molecule has 0 bridgehead atoms. The van der Waals surface area contributed by atoms with E-state index in [1.165, 1.54) is 28.5 Å². The highest BCUT2D eigenvalue weighted by Crippen LogP contribution is 2.32. The summed E-state index contributed by atoms with van der Waals surface area (Å²) in [5, 5.41) is 4.66. The summed E-state index contributed by atoms with van der Waals surface area (Å²) < 4.78 is 2.25. The van der Waals surface area contributed by atoms with Crippen molar-refractivity contribution in [3.8, 4) is 0 Å². The first-order valence-electron chi connectivity index (χ1n) is 11.0. The third-order valence-electron chi connectivity index (χ3n) is 5.99. The van der Waals surface area contributed by atoms with Crippen molar-refractivity contribution in [2.75, 3.05) is 0 Å². The predicted octanol–water partition coefficient (Wildman–Crippen LogP) is 6.51. The minimum Gasteiger partial charge on any atom is -0.342 e. The van der Waals surface area contributed by atoms with Gasteiger partial charge in [0.25, 0.3) is 5.91 Å². The van der Waals surface area contributed by atoms with Gasteiger partial charge in [0.2, 0.25) is 0 Å². The average molecular weight is 452 g/mol. The number of aryl methyl sites for hydroxylation is 2. The summed E-state index contributed by atoms with van der Waals surface area (Å²) in [6, 6.07) is 22.9. The average Bonchev–Trinajstić information content (AvgIpc) is 3.31. The second-order valence-corrected chi connectivity index (χ2v) is 9.45. The molecule has 0 aliphatic carbocycles. The molecule has 3 aromatic carbocycles. The molecule has 5 rings (SSSR count). The Balaban J connectivity index is 1.48. The van der Waals surface area contributed by atoms with Gasteiger partial charge in [-0.25, -0.2) is 4.99 Å². The van der Waals surface area contributed by atoms with Crippen molar-refractivity contribution in [1.29, 1.82) is 0 Å². The zero-order chi connectivity index (χ0) is 22.9. The summed E-state index contributed by atoms with van der Waals surface area (Å²) in [6.07, 6.45) is 4.11. The van der Waals surface area contributed by atoms with Gasteiger partial charge in [-0.05, 0) is 67.4 Å². The second-order valence-electron chi connectivity index (χ2n) is 8.42. The summed E-state index contributed by atoms with van der Waals surface area (Å²) >= 11 is 1.39. The summed E-state index contributed by atoms with van der Waals surface area (Å²) in [7, 11) is 0. The molecular formula is C28H25N3OS. The van der Waals surface area contributed by atoms with E-state index in [1.54, 1.807) is 0 Å². The molecule has 1 N–H and O–H groups in total. The Bertz CT molecular complexity index is 1440. The highest BCUT2D eigenvalue weighted by molar-refractivity contribution is 8.18. The highest BCUT2D eigenvalue weighted by atomic mass is 32.2. The van der Waals surface area contributed by atoms with E-state index in [-0.39, 0.29) is 5.91 Å². The van der Waals surface area contributed by atoms with E-state index >= 15 is 0 Å². The zero-order valence-corrected chi connectivity index (χ0v) is 19.7. The Hall–Kier alpha value is -3.57. The lowest BCUT2D eigenvalue weighted by Gasteiger charge is -2.06. The van der Waals surface area contributed by atoms with Crippen LogP contribution in [0.2, 0.25) is 0 Å². The van der Waals surface area contributed by atoms with Crippen LogP contribution in [0.4, 0.5) is 5.69 Å².